The molecule has 0 aliphatic carbocycles. The minimum atomic E-state index is -0.431. The summed E-state index contributed by atoms with van der Waals surface area (Å²) in [6.07, 6.45) is 3.13. The fraction of sp³-hybridized carbons (Fsp3) is 0.143. The zero-order valence-corrected chi connectivity index (χ0v) is 22.3. The van der Waals surface area contributed by atoms with Gasteiger partial charge in [-0.2, -0.15) is 5.10 Å². The zero-order chi connectivity index (χ0) is 26.9. The number of amides is 2. The molecular formula is C28H25BrN4O5. The first-order chi connectivity index (χ1) is 18.4. The number of hydrazone groups is 1. The second-order valence-electron chi connectivity index (χ2n) is 8.15. The molecule has 38 heavy (non-hydrogen) atoms. The van der Waals surface area contributed by atoms with E-state index in [9.17, 15) is 9.59 Å². The molecule has 194 valence electrons. The van der Waals surface area contributed by atoms with E-state index in [0.29, 0.717) is 38.5 Å². The smallest absolute Gasteiger partial charge is 0.277 e. The van der Waals surface area contributed by atoms with Gasteiger partial charge < -0.3 is 19.5 Å². The summed E-state index contributed by atoms with van der Waals surface area (Å²) in [6, 6.07) is 20.1. The fourth-order valence-corrected chi connectivity index (χ4v) is 4.05. The van der Waals surface area contributed by atoms with Crippen LogP contribution in [0.1, 0.15) is 11.1 Å². The van der Waals surface area contributed by atoms with E-state index in [1.165, 1.54) is 13.3 Å². The van der Waals surface area contributed by atoms with Crippen LogP contribution in [0.4, 0.5) is 5.69 Å². The Bertz CT molecular complexity index is 1470. The maximum absolute atomic E-state index is 12.3. The maximum Gasteiger partial charge on any atom is 0.277 e. The molecule has 4 rings (SSSR count). The number of methoxy groups -OCH3 is 1. The summed E-state index contributed by atoms with van der Waals surface area (Å²) in [6.45, 7) is 1.54. The van der Waals surface area contributed by atoms with Crippen molar-refractivity contribution in [2.24, 2.45) is 5.10 Å². The molecule has 0 radical (unpaired) electrons. The number of carbonyl (C=O) groups excluding carboxylic acids is 2. The lowest BCUT2D eigenvalue weighted by molar-refractivity contribution is -0.123. The van der Waals surface area contributed by atoms with Crippen LogP contribution in [0.15, 0.2) is 82.5 Å². The van der Waals surface area contributed by atoms with E-state index in [4.69, 9.17) is 14.2 Å². The van der Waals surface area contributed by atoms with Gasteiger partial charge in [-0.3, -0.25) is 14.6 Å². The van der Waals surface area contributed by atoms with Gasteiger partial charge >= 0.3 is 0 Å². The Labute approximate surface area is 227 Å². The molecule has 1 heterocycles. The monoisotopic (exact) mass is 576 g/mol. The third-order valence-electron chi connectivity index (χ3n) is 5.29. The lowest BCUT2D eigenvalue weighted by atomic mass is 10.2. The van der Waals surface area contributed by atoms with Crippen LogP contribution in [0.5, 0.6) is 17.2 Å². The number of nitrogens with zero attached hydrogens (tertiary/aromatic N) is 2. The molecule has 3 aromatic carbocycles. The van der Waals surface area contributed by atoms with Gasteiger partial charge in [0.25, 0.3) is 11.8 Å². The third-order valence-corrected chi connectivity index (χ3v) is 5.88. The van der Waals surface area contributed by atoms with Gasteiger partial charge in [0, 0.05) is 17.3 Å². The largest absolute Gasteiger partial charge is 0.493 e. The number of nitrogens with one attached hydrogen (secondary N) is 2. The second-order valence-corrected chi connectivity index (χ2v) is 9.00. The number of ether oxygens (including phenoxy) is 3. The standard InChI is InChI=1S/C28H25BrN4O5/c1-18-8-10-21(11-9-18)32-25(34)16-38-28-22(29)13-19(14-24(28)36-2)15-31-33-26(35)17-37-23-7-3-5-20-6-4-12-30-27(20)23/h3-15H,16-17H2,1-2H3,(H,32,34)(H,33,35)/b31-15+. The summed E-state index contributed by atoms with van der Waals surface area (Å²) in [5.41, 5.74) is 5.52. The van der Waals surface area contributed by atoms with Gasteiger partial charge in [0.1, 0.15) is 11.3 Å². The Balaban J connectivity index is 1.31. The minimum absolute atomic E-state index is 0.210. The van der Waals surface area contributed by atoms with Gasteiger partial charge in [-0.1, -0.05) is 35.9 Å². The molecular weight excluding hydrogens is 552 g/mol. The molecule has 2 N–H and O–H groups in total. The van der Waals surface area contributed by atoms with E-state index in [2.05, 4.69) is 36.8 Å². The topological polar surface area (TPSA) is 111 Å². The first kappa shape index (κ1) is 26.6. The average molecular weight is 577 g/mol. The van der Waals surface area contributed by atoms with Crippen molar-refractivity contribution in [1.82, 2.24) is 10.4 Å². The van der Waals surface area contributed by atoms with Gasteiger partial charge in [-0.15, -0.1) is 0 Å². The molecule has 2 amide bonds. The molecule has 0 atom stereocenters. The summed E-state index contributed by atoms with van der Waals surface area (Å²) < 4.78 is 17.3. The number of aromatic nitrogens is 1. The Hall–Kier alpha value is -4.44. The van der Waals surface area contributed by atoms with Crippen molar-refractivity contribution >= 4 is 50.5 Å². The Morgan fingerprint density at radius 2 is 1.74 bits per heavy atom. The normalized spacial score (nSPS) is 10.8. The van der Waals surface area contributed by atoms with Crippen molar-refractivity contribution in [1.29, 1.82) is 0 Å². The number of halogens is 1. The molecule has 10 heteroatoms. The molecule has 1 aromatic heterocycles. The van der Waals surface area contributed by atoms with Crippen molar-refractivity contribution in [3.05, 3.63) is 88.5 Å². The highest BCUT2D eigenvalue weighted by Gasteiger charge is 2.14. The number of para-hydroxylation sites is 1. The predicted molar refractivity (Wildman–Crippen MR) is 149 cm³/mol. The number of pyridine rings is 1. The van der Waals surface area contributed by atoms with Gasteiger partial charge in [-0.25, -0.2) is 5.43 Å². The number of benzene rings is 3. The van der Waals surface area contributed by atoms with E-state index in [1.54, 1.807) is 24.4 Å². The van der Waals surface area contributed by atoms with E-state index in [0.717, 1.165) is 10.9 Å². The first-order valence-electron chi connectivity index (χ1n) is 11.6. The van der Waals surface area contributed by atoms with Crippen LogP contribution >= 0.6 is 15.9 Å². The van der Waals surface area contributed by atoms with Crippen molar-refractivity contribution in [2.45, 2.75) is 6.92 Å². The van der Waals surface area contributed by atoms with Gasteiger partial charge in [0.2, 0.25) is 0 Å². The molecule has 0 unspecified atom stereocenters. The predicted octanol–water partition coefficient (Wildman–Crippen LogP) is 4.86. The molecule has 0 bridgehead atoms. The van der Waals surface area contributed by atoms with Crippen LogP contribution < -0.4 is 25.0 Å². The molecule has 0 fully saturated rings. The quantitative estimate of drug-likeness (QED) is 0.206. The van der Waals surface area contributed by atoms with E-state index in [1.807, 2.05) is 55.5 Å². The van der Waals surface area contributed by atoms with Gasteiger partial charge in [-0.05, 0) is 64.8 Å². The number of anilines is 1. The Kier molecular flexibility index (Phi) is 8.89. The molecule has 9 nitrogen and oxygen atoms in total. The molecule has 4 aromatic rings. The van der Waals surface area contributed by atoms with Crippen LogP contribution in [-0.4, -0.2) is 43.3 Å². The van der Waals surface area contributed by atoms with Crippen LogP contribution in [0.25, 0.3) is 10.9 Å². The Morgan fingerprint density at radius 3 is 2.53 bits per heavy atom. The lowest BCUT2D eigenvalue weighted by Gasteiger charge is -2.13. The van der Waals surface area contributed by atoms with Crippen LogP contribution in [0, 0.1) is 6.92 Å². The summed E-state index contributed by atoms with van der Waals surface area (Å²) >= 11 is 3.44. The number of carbonyl (C=O) groups is 2. The second kappa shape index (κ2) is 12.7. The number of hydrogen-bond donors (Lipinski definition) is 2. The lowest BCUT2D eigenvalue weighted by Crippen LogP contribution is -2.24. The van der Waals surface area contributed by atoms with Crippen molar-refractivity contribution in [3.8, 4) is 17.2 Å². The third kappa shape index (κ3) is 7.07. The van der Waals surface area contributed by atoms with E-state index in [-0.39, 0.29) is 19.1 Å². The first-order valence-corrected chi connectivity index (χ1v) is 12.4. The zero-order valence-electron chi connectivity index (χ0n) is 20.7. The summed E-state index contributed by atoms with van der Waals surface area (Å²) in [4.78, 5) is 28.8. The fourth-order valence-electron chi connectivity index (χ4n) is 3.47. The maximum atomic E-state index is 12.3. The summed E-state index contributed by atoms with van der Waals surface area (Å²) in [7, 11) is 1.49. The van der Waals surface area contributed by atoms with Crippen LogP contribution in [0.3, 0.4) is 0 Å². The summed E-state index contributed by atoms with van der Waals surface area (Å²) in [5, 5.41) is 7.69. The Morgan fingerprint density at radius 1 is 0.974 bits per heavy atom. The highest BCUT2D eigenvalue weighted by atomic mass is 79.9. The average Bonchev–Trinajstić information content (AvgIpc) is 2.92. The highest BCUT2D eigenvalue weighted by molar-refractivity contribution is 9.10. The molecule has 0 aliphatic heterocycles. The van der Waals surface area contributed by atoms with Crippen LogP contribution in [-0.2, 0) is 9.59 Å². The van der Waals surface area contributed by atoms with Gasteiger partial charge in [0.05, 0.1) is 17.8 Å². The number of aryl methyl sites for hydroxylation is 1. The number of hydrogen-bond acceptors (Lipinski definition) is 7. The van der Waals surface area contributed by atoms with E-state index >= 15 is 0 Å². The SMILES string of the molecule is COc1cc(/C=N/NC(=O)COc2cccc3cccnc23)cc(Br)c1OCC(=O)Nc1ccc(C)cc1. The summed E-state index contributed by atoms with van der Waals surface area (Å²) in [5.74, 6) is 0.531. The van der Waals surface area contributed by atoms with Crippen molar-refractivity contribution in [3.63, 3.8) is 0 Å². The van der Waals surface area contributed by atoms with Gasteiger partial charge in [0.15, 0.2) is 24.7 Å². The molecule has 0 aliphatic rings. The molecule has 0 saturated carbocycles. The van der Waals surface area contributed by atoms with E-state index < -0.39 is 5.91 Å². The minimum Gasteiger partial charge on any atom is -0.493 e. The van der Waals surface area contributed by atoms with Crippen LogP contribution in [0.2, 0.25) is 0 Å². The number of rotatable bonds is 10. The molecule has 0 saturated heterocycles. The highest BCUT2D eigenvalue weighted by Crippen LogP contribution is 2.36. The number of fused-ring (bicyclic) bond motifs is 1. The molecule has 0 spiro atoms. The van der Waals surface area contributed by atoms with Crippen molar-refractivity contribution in [2.75, 3.05) is 25.6 Å². The van der Waals surface area contributed by atoms with Crippen molar-refractivity contribution < 1.29 is 23.8 Å².